The molecule has 0 saturated heterocycles. The molecule has 0 bridgehead atoms. The predicted molar refractivity (Wildman–Crippen MR) is 63.0 cm³/mol. The standard InChI is InChI=1S/C12H14FN3O2/c1-6-3-4-8(13)5-9(6)11-15-12(18-16-11)10(14)7(2)17/h3-5,7,10,17H,14H2,1-2H3/t7-,10+/m1/s1. The zero-order valence-corrected chi connectivity index (χ0v) is 10.1. The monoisotopic (exact) mass is 251 g/mol. The molecule has 0 radical (unpaired) electrons. The van der Waals surface area contributed by atoms with Crippen molar-refractivity contribution >= 4 is 0 Å². The highest BCUT2D eigenvalue weighted by molar-refractivity contribution is 5.59. The van der Waals surface area contributed by atoms with Gasteiger partial charge in [-0.3, -0.25) is 0 Å². The molecular formula is C12H14FN3O2. The van der Waals surface area contributed by atoms with Crippen LogP contribution in [0, 0.1) is 12.7 Å². The zero-order chi connectivity index (χ0) is 13.3. The second-order valence-electron chi connectivity index (χ2n) is 4.18. The molecular weight excluding hydrogens is 237 g/mol. The number of nitrogens with zero attached hydrogens (tertiary/aromatic N) is 2. The molecule has 1 heterocycles. The van der Waals surface area contributed by atoms with Crippen LogP contribution in [0.1, 0.15) is 24.4 Å². The highest BCUT2D eigenvalue weighted by Crippen LogP contribution is 2.23. The minimum atomic E-state index is -0.799. The van der Waals surface area contributed by atoms with Crippen LogP contribution in [0.2, 0.25) is 0 Å². The molecule has 2 atom stereocenters. The van der Waals surface area contributed by atoms with Crippen molar-refractivity contribution in [3.8, 4) is 11.4 Å². The molecule has 0 saturated carbocycles. The summed E-state index contributed by atoms with van der Waals surface area (Å²) in [7, 11) is 0. The number of hydrogen-bond donors (Lipinski definition) is 2. The van der Waals surface area contributed by atoms with Crippen LogP contribution in [0.5, 0.6) is 0 Å². The smallest absolute Gasteiger partial charge is 0.246 e. The summed E-state index contributed by atoms with van der Waals surface area (Å²) in [4.78, 5) is 4.07. The molecule has 0 unspecified atom stereocenters. The van der Waals surface area contributed by atoms with Gasteiger partial charge in [0.05, 0.1) is 6.10 Å². The Kier molecular flexibility index (Phi) is 3.40. The van der Waals surface area contributed by atoms with E-state index in [1.165, 1.54) is 19.1 Å². The maximum absolute atomic E-state index is 13.2. The highest BCUT2D eigenvalue weighted by atomic mass is 19.1. The molecule has 96 valence electrons. The minimum Gasteiger partial charge on any atom is -0.391 e. The molecule has 3 N–H and O–H groups in total. The van der Waals surface area contributed by atoms with Crippen LogP contribution in [-0.2, 0) is 0 Å². The molecule has 1 aromatic heterocycles. The summed E-state index contributed by atoms with van der Waals surface area (Å²) >= 11 is 0. The SMILES string of the molecule is Cc1ccc(F)cc1-c1noc([C@@H](N)[C@@H](C)O)n1. The summed E-state index contributed by atoms with van der Waals surface area (Å²) in [5.74, 6) is 0.0172. The fraction of sp³-hybridized carbons (Fsp3) is 0.333. The number of hydrogen-bond acceptors (Lipinski definition) is 5. The lowest BCUT2D eigenvalue weighted by atomic mass is 10.1. The average molecular weight is 251 g/mol. The first-order chi connectivity index (χ1) is 8.49. The molecule has 2 aromatic rings. The Morgan fingerprint density at radius 3 is 2.83 bits per heavy atom. The Balaban J connectivity index is 2.38. The zero-order valence-electron chi connectivity index (χ0n) is 10.1. The summed E-state index contributed by atoms with van der Waals surface area (Å²) in [6.45, 7) is 3.35. The van der Waals surface area contributed by atoms with E-state index in [4.69, 9.17) is 10.3 Å². The first kappa shape index (κ1) is 12.7. The van der Waals surface area contributed by atoms with Crippen molar-refractivity contribution in [3.63, 3.8) is 0 Å². The van der Waals surface area contributed by atoms with Crippen LogP contribution in [0.4, 0.5) is 4.39 Å². The van der Waals surface area contributed by atoms with Crippen molar-refractivity contribution in [2.75, 3.05) is 0 Å². The number of nitrogens with two attached hydrogens (primary N) is 1. The van der Waals surface area contributed by atoms with E-state index >= 15 is 0 Å². The summed E-state index contributed by atoms with van der Waals surface area (Å²) in [5.41, 5.74) is 7.05. The molecule has 0 spiro atoms. The van der Waals surface area contributed by atoms with E-state index in [9.17, 15) is 9.50 Å². The third-order valence-corrected chi connectivity index (χ3v) is 2.69. The Labute approximate surface area is 103 Å². The fourth-order valence-corrected chi connectivity index (χ4v) is 1.52. The Hall–Kier alpha value is -1.79. The van der Waals surface area contributed by atoms with Gasteiger partial charge in [0.2, 0.25) is 11.7 Å². The topological polar surface area (TPSA) is 85.2 Å². The predicted octanol–water partition coefficient (Wildman–Crippen LogP) is 1.56. The number of halogens is 1. The van der Waals surface area contributed by atoms with Crippen LogP contribution in [0.15, 0.2) is 22.7 Å². The van der Waals surface area contributed by atoms with E-state index in [2.05, 4.69) is 10.1 Å². The number of aliphatic hydroxyl groups excluding tert-OH is 1. The van der Waals surface area contributed by atoms with E-state index in [0.29, 0.717) is 5.56 Å². The second kappa shape index (κ2) is 4.83. The van der Waals surface area contributed by atoms with Gasteiger partial charge in [-0.05, 0) is 31.5 Å². The fourth-order valence-electron chi connectivity index (χ4n) is 1.52. The van der Waals surface area contributed by atoms with E-state index in [0.717, 1.165) is 5.56 Å². The summed E-state index contributed by atoms with van der Waals surface area (Å²) in [6.07, 6.45) is -0.799. The van der Waals surface area contributed by atoms with Crippen molar-refractivity contribution in [1.82, 2.24) is 10.1 Å². The van der Waals surface area contributed by atoms with E-state index in [1.807, 2.05) is 6.92 Å². The lowest BCUT2D eigenvalue weighted by molar-refractivity contribution is 0.146. The Morgan fingerprint density at radius 1 is 1.44 bits per heavy atom. The van der Waals surface area contributed by atoms with Gasteiger partial charge >= 0.3 is 0 Å². The molecule has 18 heavy (non-hydrogen) atoms. The van der Waals surface area contributed by atoms with Gasteiger partial charge < -0.3 is 15.4 Å². The second-order valence-corrected chi connectivity index (χ2v) is 4.18. The van der Waals surface area contributed by atoms with Crippen LogP contribution < -0.4 is 5.73 Å². The summed E-state index contributed by atoms with van der Waals surface area (Å²) in [5, 5.41) is 13.1. The van der Waals surface area contributed by atoms with Gasteiger partial charge in [0.25, 0.3) is 0 Å². The average Bonchev–Trinajstić information content (AvgIpc) is 2.80. The first-order valence-corrected chi connectivity index (χ1v) is 5.53. The maximum atomic E-state index is 13.2. The quantitative estimate of drug-likeness (QED) is 0.864. The van der Waals surface area contributed by atoms with Gasteiger partial charge in [-0.15, -0.1) is 0 Å². The van der Waals surface area contributed by atoms with Crippen molar-refractivity contribution in [2.24, 2.45) is 5.73 Å². The van der Waals surface area contributed by atoms with Crippen LogP contribution >= 0.6 is 0 Å². The number of benzene rings is 1. The van der Waals surface area contributed by atoms with E-state index in [1.54, 1.807) is 6.07 Å². The number of aromatic nitrogens is 2. The van der Waals surface area contributed by atoms with Crippen LogP contribution in [0.25, 0.3) is 11.4 Å². The largest absolute Gasteiger partial charge is 0.391 e. The number of aliphatic hydroxyl groups is 1. The van der Waals surface area contributed by atoms with Gasteiger partial charge in [-0.25, -0.2) is 4.39 Å². The lowest BCUT2D eigenvalue weighted by Gasteiger charge is -2.08. The molecule has 0 fully saturated rings. The molecule has 1 aromatic carbocycles. The Morgan fingerprint density at radius 2 is 2.17 bits per heavy atom. The number of rotatable bonds is 3. The molecule has 0 amide bonds. The van der Waals surface area contributed by atoms with Crippen LogP contribution in [-0.4, -0.2) is 21.4 Å². The molecule has 0 aliphatic heterocycles. The third-order valence-electron chi connectivity index (χ3n) is 2.69. The molecule has 5 nitrogen and oxygen atoms in total. The maximum Gasteiger partial charge on any atom is 0.246 e. The molecule has 6 heteroatoms. The van der Waals surface area contributed by atoms with E-state index in [-0.39, 0.29) is 17.5 Å². The van der Waals surface area contributed by atoms with Crippen molar-refractivity contribution in [2.45, 2.75) is 26.0 Å². The lowest BCUT2D eigenvalue weighted by Crippen LogP contribution is -2.23. The third kappa shape index (κ3) is 2.39. The van der Waals surface area contributed by atoms with Crippen molar-refractivity contribution < 1.29 is 14.0 Å². The van der Waals surface area contributed by atoms with Gasteiger partial charge in [-0.1, -0.05) is 11.2 Å². The number of aryl methyl sites for hydroxylation is 1. The molecule has 0 aliphatic rings. The van der Waals surface area contributed by atoms with Gasteiger partial charge in [0, 0.05) is 5.56 Å². The van der Waals surface area contributed by atoms with Gasteiger partial charge in [0.15, 0.2) is 0 Å². The molecule has 2 rings (SSSR count). The summed E-state index contributed by atoms with van der Waals surface area (Å²) < 4.78 is 18.1. The van der Waals surface area contributed by atoms with Gasteiger partial charge in [-0.2, -0.15) is 4.98 Å². The normalized spacial score (nSPS) is 14.5. The highest BCUT2D eigenvalue weighted by Gasteiger charge is 2.20. The molecule has 0 aliphatic carbocycles. The Bertz CT molecular complexity index is 554. The minimum absolute atomic E-state index is 0.128. The summed E-state index contributed by atoms with van der Waals surface area (Å²) in [6, 6.07) is 3.58. The van der Waals surface area contributed by atoms with Crippen LogP contribution in [0.3, 0.4) is 0 Å². The van der Waals surface area contributed by atoms with E-state index < -0.39 is 12.1 Å². The van der Waals surface area contributed by atoms with Crippen molar-refractivity contribution in [3.05, 3.63) is 35.5 Å². The van der Waals surface area contributed by atoms with Gasteiger partial charge in [0.1, 0.15) is 11.9 Å². The van der Waals surface area contributed by atoms with Crippen molar-refractivity contribution in [1.29, 1.82) is 0 Å². The first-order valence-electron chi connectivity index (χ1n) is 5.53.